The number of rotatable bonds is 4. The van der Waals surface area contributed by atoms with Gasteiger partial charge >= 0.3 is 0 Å². The minimum atomic E-state index is -4.53. The molecule has 0 saturated carbocycles. The Bertz CT molecular complexity index is 854. The van der Waals surface area contributed by atoms with Gasteiger partial charge < -0.3 is 4.55 Å². The van der Waals surface area contributed by atoms with E-state index < -0.39 is 18.0 Å². The maximum absolute atomic E-state index is 11.7. The van der Waals surface area contributed by atoms with Crippen LogP contribution in [-0.4, -0.2) is 13.0 Å². The van der Waals surface area contributed by atoms with E-state index in [0.29, 0.717) is 5.30 Å². The molecule has 0 N–H and O–H groups in total. The van der Waals surface area contributed by atoms with E-state index in [0.717, 1.165) is 10.6 Å². The highest BCUT2D eigenvalue weighted by molar-refractivity contribution is 7.88. The van der Waals surface area contributed by atoms with Crippen LogP contribution in [0.1, 0.15) is 0 Å². The fraction of sp³-hybridized carbons (Fsp3) is 0. The number of hydrogen-bond donors (Lipinski definition) is 0. The summed E-state index contributed by atoms with van der Waals surface area (Å²) < 4.78 is 35.0. The first-order chi connectivity index (χ1) is 11.1. The lowest BCUT2D eigenvalue weighted by Crippen LogP contribution is -2.24. The zero-order valence-electron chi connectivity index (χ0n) is 12.2. The Hall–Kier alpha value is -2.00. The standard InChI is InChI=1S/C18H15O3PS/c19-23(20,21)18-14-8-7-13-17(18)22(15-9-3-1-4-10-15)16-11-5-2-6-12-16/h1-14H,(H,19,20,21)/p-1. The Morgan fingerprint density at radius 1 is 0.652 bits per heavy atom. The van der Waals surface area contributed by atoms with Crippen LogP contribution < -0.4 is 15.9 Å². The van der Waals surface area contributed by atoms with Crippen molar-refractivity contribution in [2.75, 3.05) is 0 Å². The van der Waals surface area contributed by atoms with Crippen molar-refractivity contribution in [3.05, 3.63) is 84.9 Å². The molecule has 23 heavy (non-hydrogen) atoms. The van der Waals surface area contributed by atoms with Crippen LogP contribution in [-0.2, 0) is 10.1 Å². The highest BCUT2D eigenvalue weighted by Gasteiger charge is 2.21. The molecule has 0 aromatic heterocycles. The van der Waals surface area contributed by atoms with E-state index in [1.54, 1.807) is 18.2 Å². The summed E-state index contributed by atoms with van der Waals surface area (Å²) in [5.41, 5.74) is 0. The zero-order chi connectivity index (χ0) is 16.3. The third-order valence-electron chi connectivity index (χ3n) is 3.40. The predicted molar refractivity (Wildman–Crippen MR) is 93.1 cm³/mol. The second-order valence-electron chi connectivity index (χ2n) is 4.93. The molecule has 3 aromatic carbocycles. The van der Waals surface area contributed by atoms with Gasteiger partial charge in [0.15, 0.2) is 0 Å². The first-order valence-corrected chi connectivity index (χ1v) is 9.77. The molecule has 0 spiro atoms. The molecule has 0 heterocycles. The fourth-order valence-corrected chi connectivity index (χ4v) is 5.94. The second-order valence-corrected chi connectivity index (χ2v) is 8.46. The molecular formula is C18H14O3PS-. The van der Waals surface area contributed by atoms with Gasteiger partial charge in [0.25, 0.3) is 0 Å². The van der Waals surface area contributed by atoms with Crippen LogP contribution in [0.5, 0.6) is 0 Å². The van der Waals surface area contributed by atoms with E-state index in [1.807, 2.05) is 60.7 Å². The molecule has 116 valence electrons. The molecule has 0 unspecified atom stereocenters. The highest BCUT2D eigenvalue weighted by Crippen LogP contribution is 2.34. The fourth-order valence-electron chi connectivity index (χ4n) is 2.43. The van der Waals surface area contributed by atoms with Crippen molar-refractivity contribution in [1.82, 2.24) is 0 Å². The summed E-state index contributed by atoms with van der Waals surface area (Å²) in [7, 11) is -5.64. The highest BCUT2D eigenvalue weighted by atomic mass is 32.2. The van der Waals surface area contributed by atoms with Gasteiger partial charge in [-0.1, -0.05) is 78.9 Å². The van der Waals surface area contributed by atoms with Crippen molar-refractivity contribution in [3.8, 4) is 0 Å². The lowest BCUT2D eigenvalue weighted by Gasteiger charge is -2.23. The Morgan fingerprint density at radius 2 is 1.09 bits per heavy atom. The normalized spacial score (nSPS) is 11.6. The van der Waals surface area contributed by atoms with E-state index in [4.69, 9.17) is 0 Å². The maximum Gasteiger partial charge on any atom is 0.125 e. The minimum absolute atomic E-state index is 0.140. The number of hydrogen-bond acceptors (Lipinski definition) is 3. The monoisotopic (exact) mass is 341 g/mol. The molecule has 0 aliphatic heterocycles. The Kier molecular flexibility index (Phi) is 4.58. The summed E-state index contributed by atoms with van der Waals surface area (Å²) >= 11 is 0. The molecule has 5 heteroatoms. The van der Waals surface area contributed by atoms with E-state index >= 15 is 0 Å². The molecule has 0 fully saturated rings. The minimum Gasteiger partial charge on any atom is -0.744 e. The summed E-state index contributed by atoms with van der Waals surface area (Å²) in [6, 6.07) is 25.8. The summed E-state index contributed by atoms with van der Waals surface area (Å²) in [4.78, 5) is -0.140. The van der Waals surface area contributed by atoms with Crippen molar-refractivity contribution in [1.29, 1.82) is 0 Å². The van der Waals surface area contributed by atoms with Crippen LogP contribution in [0, 0.1) is 0 Å². The lowest BCUT2D eigenvalue weighted by molar-refractivity contribution is 0.464. The molecule has 0 atom stereocenters. The quantitative estimate of drug-likeness (QED) is 0.541. The van der Waals surface area contributed by atoms with Crippen LogP contribution >= 0.6 is 7.92 Å². The van der Waals surface area contributed by atoms with Gasteiger partial charge in [-0.25, -0.2) is 8.42 Å². The van der Waals surface area contributed by atoms with Gasteiger partial charge in [0, 0.05) is 5.30 Å². The third-order valence-corrected chi connectivity index (χ3v) is 6.95. The summed E-state index contributed by atoms with van der Waals surface area (Å²) in [5.74, 6) is 0. The van der Waals surface area contributed by atoms with Crippen molar-refractivity contribution in [3.63, 3.8) is 0 Å². The van der Waals surface area contributed by atoms with Crippen LogP contribution in [0.4, 0.5) is 0 Å². The molecule has 0 aliphatic carbocycles. The molecule has 3 rings (SSSR count). The van der Waals surface area contributed by atoms with Crippen LogP contribution in [0.15, 0.2) is 89.8 Å². The average Bonchev–Trinajstić information content (AvgIpc) is 2.57. The van der Waals surface area contributed by atoms with Crippen molar-refractivity contribution in [2.45, 2.75) is 4.90 Å². The smallest absolute Gasteiger partial charge is 0.125 e. The maximum atomic E-state index is 11.7. The molecule has 3 aromatic rings. The van der Waals surface area contributed by atoms with Crippen molar-refractivity contribution in [2.24, 2.45) is 0 Å². The van der Waals surface area contributed by atoms with E-state index in [9.17, 15) is 13.0 Å². The zero-order valence-corrected chi connectivity index (χ0v) is 13.9. The molecule has 0 aliphatic rings. The molecule has 0 bridgehead atoms. The topological polar surface area (TPSA) is 57.2 Å². The molecule has 0 saturated heterocycles. The van der Waals surface area contributed by atoms with Crippen LogP contribution in [0.25, 0.3) is 0 Å². The summed E-state index contributed by atoms with van der Waals surface area (Å²) in [6.07, 6.45) is 0. The van der Waals surface area contributed by atoms with Gasteiger partial charge in [-0.2, -0.15) is 0 Å². The van der Waals surface area contributed by atoms with E-state index in [1.165, 1.54) is 6.07 Å². The van der Waals surface area contributed by atoms with Gasteiger partial charge in [0.1, 0.15) is 10.1 Å². The van der Waals surface area contributed by atoms with E-state index in [-0.39, 0.29) is 4.90 Å². The average molecular weight is 341 g/mol. The second kappa shape index (κ2) is 6.63. The SMILES string of the molecule is O=S(=O)([O-])c1ccccc1P(c1ccccc1)c1ccccc1. The lowest BCUT2D eigenvalue weighted by atomic mass is 10.3. The molecule has 0 radical (unpaired) electrons. The van der Waals surface area contributed by atoms with Gasteiger partial charge in [0.2, 0.25) is 0 Å². The summed E-state index contributed by atoms with van der Waals surface area (Å²) in [6.45, 7) is 0. The van der Waals surface area contributed by atoms with Crippen molar-refractivity contribution >= 4 is 34.0 Å². The van der Waals surface area contributed by atoms with Crippen molar-refractivity contribution < 1.29 is 13.0 Å². The number of benzene rings is 3. The first-order valence-electron chi connectivity index (χ1n) is 7.02. The van der Waals surface area contributed by atoms with Crippen LogP contribution in [0.2, 0.25) is 0 Å². The van der Waals surface area contributed by atoms with Gasteiger partial charge in [-0.05, 0) is 24.6 Å². The Labute approximate surface area is 137 Å². The van der Waals surface area contributed by atoms with Gasteiger partial charge in [-0.15, -0.1) is 0 Å². The largest absolute Gasteiger partial charge is 0.744 e. The first kappa shape index (κ1) is 15.9. The third kappa shape index (κ3) is 3.50. The van der Waals surface area contributed by atoms with Gasteiger partial charge in [-0.3, -0.25) is 0 Å². The molecular weight excluding hydrogens is 327 g/mol. The Morgan fingerprint density at radius 3 is 1.57 bits per heavy atom. The molecule has 3 nitrogen and oxygen atoms in total. The Balaban J connectivity index is 2.26. The predicted octanol–water partition coefficient (Wildman–Crippen LogP) is 2.35. The summed E-state index contributed by atoms with van der Waals surface area (Å²) in [5, 5.41) is 2.57. The van der Waals surface area contributed by atoms with Crippen LogP contribution in [0.3, 0.4) is 0 Å². The molecule has 0 amide bonds. The van der Waals surface area contributed by atoms with Gasteiger partial charge in [0.05, 0.1) is 4.90 Å². The van der Waals surface area contributed by atoms with E-state index in [2.05, 4.69) is 0 Å².